The van der Waals surface area contributed by atoms with E-state index in [9.17, 15) is 0 Å². The second-order valence-electron chi connectivity index (χ2n) is 4.81. The van der Waals surface area contributed by atoms with Crippen LogP contribution in [0.15, 0.2) is 18.2 Å². The van der Waals surface area contributed by atoms with Crippen molar-refractivity contribution in [3.8, 4) is 0 Å². The SMILES string of the molecule is CCC(CN)CCN(C)Cc1cccc(C)n1. The predicted octanol–water partition coefficient (Wildman–Crippen LogP) is 2.20. The molecule has 1 atom stereocenters. The molecule has 0 saturated carbocycles. The largest absolute Gasteiger partial charge is 0.330 e. The van der Waals surface area contributed by atoms with Gasteiger partial charge in [0.15, 0.2) is 0 Å². The summed E-state index contributed by atoms with van der Waals surface area (Å²) in [6, 6.07) is 6.19. The number of aryl methyl sites for hydroxylation is 1. The second kappa shape index (κ2) is 7.41. The average Bonchev–Trinajstić information content (AvgIpc) is 2.30. The van der Waals surface area contributed by atoms with Crippen LogP contribution >= 0.6 is 0 Å². The van der Waals surface area contributed by atoms with Gasteiger partial charge in [0.1, 0.15) is 0 Å². The van der Waals surface area contributed by atoms with Crippen LogP contribution < -0.4 is 5.73 Å². The minimum atomic E-state index is 0.655. The Morgan fingerprint density at radius 2 is 2.18 bits per heavy atom. The number of pyridine rings is 1. The van der Waals surface area contributed by atoms with E-state index in [-0.39, 0.29) is 0 Å². The molecule has 0 aromatic carbocycles. The summed E-state index contributed by atoms with van der Waals surface area (Å²) in [5.74, 6) is 0.655. The fraction of sp³-hybridized carbons (Fsp3) is 0.643. The Hall–Kier alpha value is -0.930. The molecular weight excluding hydrogens is 210 g/mol. The molecule has 1 aromatic heterocycles. The molecule has 3 heteroatoms. The first kappa shape index (κ1) is 14.1. The third kappa shape index (κ3) is 5.29. The molecule has 0 aliphatic heterocycles. The molecule has 0 fully saturated rings. The number of aromatic nitrogens is 1. The van der Waals surface area contributed by atoms with Crippen LogP contribution in [0.25, 0.3) is 0 Å². The third-order valence-corrected chi connectivity index (χ3v) is 3.21. The second-order valence-corrected chi connectivity index (χ2v) is 4.81. The lowest BCUT2D eigenvalue weighted by Gasteiger charge is -2.19. The molecule has 1 heterocycles. The summed E-state index contributed by atoms with van der Waals surface area (Å²) in [5, 5.41) is 0. The molecule has 0 radical (unpaired) electrons. The Bertz CT molecular complexity index is 321. The fourth-order valence-electron chi connectivity index (χ4n) is 1.93. The number of hydrogen-bond acceptors (Lipinski definition) is 3. The van der Waals surface area contributed by atoms with Gasteiger partial charge in [0.25, 0.3) is 0 Å². The Kier molecular flexibility index (Phi) is 6.16. The molecule has 2 N–H and O–H groups in total. The minimum absolute atomic E-state index is 0.655. The van der Waals surface area contributed by atoms with E-state index in [1.54, 1.807) is 0 Å². The third-order valence-electron chi connectivity index (χ3n) is 3.21. The molecule has 0 saturated heterocycles. The highest BCUT2D eigenvalue weighted by atomic mass is 15.1. The summed E-state index contributed by atoms with van der Waals surface area (Å²) in [6.45, 7) is 7.05. The Balaban J connectivity index is 2.36. The van der Waals surface area contributed by atoms with Crippen LogP contribution in [0, 0.1) is 12.8 Å². The summed E-state index contributed by atoms with van der Waals surface area (Å²) in [7, 11) is 2.15. The van der Waals surface area contributed by atoms with Crippen molar-refractivity contribution in [2.75, 3.05) is 20.1 Å². The Morgan fingerprint density at radius 3 is 2.76 bits per heavy atom. The normalized spacial score (nSPS) is 13.0. The van der Waals surface area contributed by atoms with E-state index in [1.807, 2.05) is 13.0 Å². The van der Waals surface area contributed by atoms with Crippen LogP contribution in [0.5, 0.6) is 0 Å². The van der Waals surface area contributed by atoms with Gasteiger partial charge in [-0.25, -0.2) is 0 Å². The highest BCUT2D eigenvalue weighted by Crippen LogP contribution is 2.08. The molecule has 17 heavy (non-hydrogen) atoms. The van der Waals surface area contributed by atoms with Crippen molar-refractivity contribution >= 4 is 0 Å². The van der Waals surface area contributed by atoms with Crippen LogP contribution in [0.3, 0.4) is 0 Å². The van der Waals surface area contributed by atoms with E-state index >= 15 is 0 Å². The summed E-state index contributed by atoms with van der Waals surface area (Å²) >= 11 is 0. The standard InChI is InChI=1S/C14H25N3/c1-4-13(10-15)8-9-17(3)11-14-7-5-6-12(2)16-14/h5-7,13H,4,8-11,15H2,1-3H3. The quantitative estimate of drug-likeness (QED) is 0.788. The van der Waals surface area contributed by atoms with Crippen LogP contribution in [-0.4, -0.2) is 30.0 Å². The molecule has 0 aliphatic rings. The van der Waals surface area contributed by atoms with Crippen molar-refractivity contribution in [3.63, 3.8) is 0 Å². The van der Waals surface area contributed by atoms with Crippen molar-refractivity contribution in [1.82, 2.24) is 9.88 Å². The van der Waals surface area contributed by atoms with E-state index in [0.717, 1.165) is 31.0 Å². The van der Waals surface area contributed by atoms with E-state index in [4.69, 9.17) is 5.73 Å². The molecule has 0 amide bonds. The van der Waals surface area contributed by atoms with Gasteiger partial charge in [-0.15, -0.1) is 0 Å². The minimum Gasteiger partial charge on any atom is -0.330 e. The van der Waals surface area contributed by atoms with Crippen LogP contribution in [-0.2, 0) is 6.54 Å². The highest BCUT2D eigenvalue weighted by molar-refractivity contribution is 5.09. The molecule has 0 spiro atoms. The Labute approximate surface area is 105 Å². The molecule has 3 nitrogen and oxygen atoms in total. The maximum atomic E-state index is 5.71. The molecule has 1 aromatic rings. The Morgan fingerprint density at radius 1 is 1.41 bits per heavy atom. The average molecular weight is 235 g/mol. The van der Waals surface area contributed by atoms with Crippen molar-refractivity contribution in [2.24, 2.45) is 11.7 Å². The lowest BCUT2D eigenvalue weighted by molar-refractivity contribution is 0.289. The number of nitrogens with two attached hydrogens (primary N) is 1. The van der Waals surface area contributed by atoms with Gasteiger partial charge in [0.2, 0.25) is 0 Å². The summed E-state index contributed by atoms with van der Waals surface area (Å²) in [6.07, 6.45) is 2.35. The first-order valence-corrected chi connectivity index (χ1v) is 6.46. The van der Waals surface area contributed by atoms with Gasteiger partial charge >= 0.3 is 0 Å². The summed E-state index contributed by atoms with van der Waals surface area (Å²) in [4.78, 5) is 6.83. The predicted molar refractivity (Wildman–Crippen MR) is 72.8 cm³/mol. The van der Waals surface area contributed by atoms with E-state index < -0.39 is 0 Å². The van der Waals surface area contributed by atoms with Gasteiger partial charge in [0, 0.05) is 12.2 Å². The van der Waals surface area contributed by atoms with E-state index in [1.165, 1.54) is 12.8 Å². The monoisotopic (exact) mass is 235 g/mol. The van der Waals surface area contributed by atoms with Gasteiger partial charge in [-0.05, 0) is 51.5 Å². The topological polar surface area (TPSA) is 42.1 Å². The van der Waals surface area contributed by atoms with E-state index in [2.05, 4.69) is 36.0 Å². The van der Waals surface area contributed by atoms with Crippen molar-refractivity contribution in [3.05, 3.63) is 29.6 Å². The maximum Gasteiger partial charge on any atom is 0.0547 e. The van der Waals surface area contributed by atoms with E-state index in [0.29, 0.717) is 5.92 Å². The van der Waals surface area contributed by atoms with Crippen LogP contribution in [0.4, 0.5) is 0 Å². The first-order valence-electron chi connectivity index (χ1n) is 6.46. The van der Waals surface area contributed by atoms with Gasteiger partial charge < -0.3 is 10.6 Å². The summed E-state index contributed by atoms with van der Waals surface area (Å²) in [5.41, 5.74) is 7.94. The van der Waals surface area contributed by atoms with Crippen LogP contribution in [0.2, 0.25) is 0 Å². The molecule has 96 valence electrons. The summed E-state index contributed by atoms with van der Waals surface area (Å²) < 4.78 is 0. The van der Waals surface area contributed by atoms with Gasteiger partial charge in [-0.3, -0.25) is 4.98 Å². The molecule has 1 unspecified atom stereocenters. The number of rotatable bonds is 7. The fourth-order valence-corrected chi connectivity index (χ4v) is 1.93. The smallest absolute Gasteiger partial charge is 0.0547 e. The maximum absolute atomic E-state index is 5.71. The zero-order valence-electron chi connectivity index (χ0n) is 11.3. The molecular formula is C14H25N3. The van der Waals surface area contributed by atoms with Gasteiger partial charge in [-0.2, -0.15) is 0 Å². The zero-order valence-corrected chi connectivity index (χ0v) is 11.3. The lowest BCUT2D eigenvalue weighted by Crippen LogP contribution is -2.24. The van der Waals surface area contributed by atoms with Crippen LogP contribution in [0.1, 0.15) is 31.2 Å². The lowest BCUT2D eigenvalue weighted by atomic mass is 10.0. The van der Waals surface area contributed by atoms with Crippen molar-refractivity contribution < 1.29 is 0 Å². The molecule has 0 bridgehead atoms. The first-order chi connectivity index (χ1) is 8.15. The zero-order chi connectivity index (χ0) is 12.7. The van der Waals surface area contributed by atoms with Gasteiger partial charge in [0.05, 0.1) is 5.69 Å². The van der Waals surface area contributed by atoms with Crippen molar-refractivity contribution in [2.45, 2.75) is 33.2 Å². The molecule has 1 rings (SSSR count). The van der Waals surface area contributed by atoms with Gasteiger partial charge in [-0.1, -0.05) is 19.4 Å². The number of hydrogen-bond donors (Lipinski definition) is 1. The molecule has 0 aliphatic carbocycles. The van der Waals surface area contributed by atoms with Crippen molar-refractivity contribution in [1.29, 1.82) is 0 Å². The number of nitrogens with zero attached hydrogens (tertiary/aromatic N) is 2. The highest BCUT2D eigenvalue weighted by Gasteiger charge is 2.07.